The molecule has 1 aliphatic heterocycles. The van der Waals surface area contributed by atoms with Crippen LogP contribution in [0.4, 0.5) is 10.2 Å². The number of pyridine rings is 1. The molecular formula is C30H31ClFN7O2. The van der Waals surface area contributed by atoms with Crippen LogP contribution in [0.1, 0.15) is 45.0 Å². The van der Waals surface area contributed by atoms with Gasteiger partial charge in [0.25, 0.3) is 0 Å². The number of hydrogen-bond donors (Lipinski definition) is 0. The lowest BCUT2D eigenvalue weighted by Gasteiger charge is -2.44. The molecule has 0 unspecified atom stereocenters. The van der Waals surface area contributed by atoms with Crippen LogP contribution < -0.4 is 10.6 Å². The second-order valence-electron chi connectivity index (χ2n) is 10.6. The lowest BCUT2D eigenvalue weighted by molar-refractivity contribution is -0.128. The van der Waals surface area contributed by atoms with E-state index in [0.717, 1.165) is 0 Å². The normalized spacial score (nSPS) is 17.4. The summed E-state index contributed by atoms with van der Waals surface area (Å²) in [5.74, 6) is -0.293. The fraction of sp³-hybridized carbons (Fsp3) is 0.333. The summed E-state index contributed by atoms with van der Waals surface area (Å²) in [6.07, 6.45) is 2.77. The minimum atomic E-state index is -0.578. The topological polar surface area (TPSA) is 97.1 Å². The van der Waals surface area contributed by atoms with Gasteiger partial charge in [-0.1, -0.05) is 44.2 Å². The van der Waals surface area contributed by atoms with Crippen LogP contribution in [0.5, 0.6) is 0 Å². The van der Waals surface area contributed by atoms with Gasteiger partial charge < -0.3 is 9.80 Å². The summed E-state index contributed by atoms with van der Waals surface area (Å²) >= 11 is 6.77. The number of benzene rings is 1. The van der Waals surface area contributed by atoms with Crippen LogP contribution in [0.3, 0.4) is 0 Å². The van der Waals surface area contributed by atoms with E-state index in [-0.39, 0.29) is 45.8 Å². The van der Waals surface area contributed by atoms with E-state index in [4.69, 9.17) is 16.6 Å². The van der Waals surface area contributed by atoms with Crippen molar-refractivity contribution in [2.24, 2.45) is 0 Å². The number of carbonyl (C=O) groups is 1. The standard InChI is InChI=1S/C30H31ClFN7O2/c1-7-24(40)37-13-18(5)38(14-17(37)4)28-21-12-22(31)26(20-10-8-9-11-23(20)32)35-29(21)39(30(41)36-28)27-19(6)33-15-34-25(27)16(2)3/h7-12,15-18H,1,13-14H2,2-6H3/t17-,18+/m1/s1. The average Bonchev–Trinajstić information content (AvgIpc) is 2.94. The van der Waals surface area contributed by atoms with Crippen LogP contribution >= 0.6 is 11.6 Å². The number of amides is 1. The molecule has 0 saturated carbocycles. The summed E-state index contributed by atoms with van der Waals surface area (Å²) in [6.45, 7) is 14.1. The lowest BCUT2D eigenvalue weighted by atomic mass is 10.1. The van der Waals surface area contributed by atoms with Crippen molar-refractivity contribution in [3.8, 4) is 16.9 Å². The van der Waals surface area contributed by atoms with Gasteiger partial charge >= 0.3 is 5.69 Å². The maximum atomic E-state index is 14.9. The van der Waals surface area contributed by atoms with Gasteiger partial charge in [0.1, 0.15) is 18.0 Å². The third-order valence-corrected chi connectivity index (χ3v) is 7.74. The highest BCUT2D eigenvalue weighted by Crippen LogP contribution is 2.36. The molecule has 11 heteroatoms. The zero-order valence-corrected chi connectivity index (χ0v) is 24.4. The molecule has 4 aromatic rings. The van der Waals surface area contributed by atoms with Gasteiger partial charge in [-0.15, -0.1) is 0 Å². The predicted octanol–water partition coefficient (Wildman–Crippen LogP) is 5.07. The molecule has 0 N–H and O–H groups in total. The molecule has 1 aromatic carbocycles. The molecule has 0 bridgehead atoms. The second kappa shape index (κ2) is 11.0. The predicted molar refractivity (Wildman–Crippen MR) is 158 cm³/mol. The Hall–Kier alpha value is -4.18. The number of halogens is 2. The Balaban J connectivity index is 1.83. The van der Waals surface area contributed by atoms with Crippen LogP contribution in [0.2, 0.25) is 5.02 Å². The summed E-state index contributed by atoms with van der Waals surface area (Å²) in [5, 5.41) is 0.720. The Bertz CT molecular complexity index is 1740. The highest BCUT2D eigenvalue weighted by Gasteiger charge is 2.34. The van der Waals surface area contributed by atoms with Crippen LogP contribution in [0, 0.1) is 12.7 Å². The summed E-state index contributed by atoms with van der Waals surface area (Å²) < 4.78 is 16.3. The Kier molecular flexibility index (Phi) is 7.61. The van der Waals surface area contributed by atoms with Gasteiger partial charge in [-0.3, -0.25) is 4.79 Å². The highest BCUT2D eigenvalue weighted by molar-refractivity contribution is 6.33. The lowest BCUT2D eigenvalue weighted by Crippen LogP contribution is -2.58. The number of aryl methyl sites for hydroxylation is 1. The fourth-order valence-electron chi connectivity index (χ4n) is 5.40. The van der Waals surface area contributed by atoms with Crippen molar-refractivity contribution in [1.29, 1.82) is 0 Å². The van der Waals surface area contributed by atoms with Crippen molar-refractivity contribution >= 4 is 34.4 Å². The maximum Gasteiger partial charge on any atom is 0.355 e. The molecule has 1 aliphatic rings. The molecule has 0 spiro atoms. The van der Waals surface area contributed by atoms with Gasteiger partial charge in [-0.2, -0.15) is 4.98 Å². The minimum absolute atomic E-state index is 0.0389. The van der Waals surface area contributed by atoms with E-state index in [1.54, 1.807) is 36.1 Å². The van der Waals surface area contributed by atoms with Crippen molar-refractivity contribution in [1.82, 2.24) is 29.4 Å². The molecule has 3 aromatic heterocycles. The zero-order chi connectivity index (χ0) is 29.6. The molecule has 5 rings (SSSR count). The van der Waals surface area contributed by atoms with Crippen molar-refractivity contribution in [3.05, 3.63) is 82.0 Å². The third-order valence-electron chi connectivity index (χ3n) is 7.45. The summed E-state index contributed by atoms with van der Waals surface area (Å²) in [6, 6.07) is 7.54. The Labute approximate surface area is 242 Å². The first kappa shape index (κ1) is 28.4. The van der Waals surface area contributed by atoms with Gasteiger partial charge in [0.15, 0.2) is 5.65 Å². The van der Waals surface area contributed by atoms with E-state index in [9.17, 15) is 14.0 Å². The zero-order valence-electron chi connectivity index (χ0n) is 23.6. The van der Waals surface area contributed by atoms with E-state index >= 15 is 0 Å². The Morgan fingerprint density at radius 1 is 1.15 bits per heavy atom. The number of piperazine rings is 1. The number of carbonyl (C=O) groups excluding carboxylic acids is 1. The van der Waals surface area contributed by atoms with Gasteiger partial charge in [0.2, 0.25) is 5.91 Å². The van der Waals surface area contributed by atoms with E-state index in [1.165, 1.54) is 23.0 Å². The Morgan fingerprint density at radius 3 is 2.56 bits per heavy atom. The molecule has 0 aliphatic carbocycles. The molecule has 41 heavy (non-hydrogen) atoms. The molecule has 1 amide bonds. The molecule has 1 fully saturated rings. The van der Waals surface area contributed by atoms with E-state index in [2.05, 4.69) is 21.5 Å². The Morgan fingerprint density at radius 2 is 1.88 bits per heavy atom. The number of rotatable bonds is 5. The van der Waals surface area contributed by atoms with Crippen molar-refractivity contribution in [3.63, 3.8) is 0 Å². The van der Waals surface area contributed by atoms with Crippen molar-refractivity contribution in [2.75, 3.05) is 18.0 Å². The summed E-state index contributed by atoms with van der Waals surface area (Å²) in [4.78, 5) is 48.4. The average molecular weight is 576 g/mol. The first-order valence-corrected chi connectivity index (χ1v) is 13.8. The number of fused-ring (bicyclic) bond motifs is 1. The monoisotopic (exact) mass is 575 g/mol. The molecule has 1 saturated heterocycles. The van der Waals surface area contributed by atoms with Crippen LogP contribution in [0.15, 0.2) is 54.1 Å². The van der Waals surface area contributed by atoms with E-state index in [0.29, 0.717) is 41.4 Å². The first-order chi connectivity index (χ1) is 19.5. The van der Waals surface area contributed by atoms with Gasteiger partial charge in [0.05, 0.1) is 33.2 Å². The molecule has 9 nitrogen and oxygen atoms in total. The number of anilines is 1. The minimum Gasteiger partial charge on any atom is -0.349 e. The number of hydrogen-bond acceptors (Lipinski definition) is 7. The van der Waals surface area contributed by atoms with Gasteiger partial charge in [-0.25, -0.2) is 28.7 Å². The first-order valence-electron chi connectivity index (χ1n) is 13.4. The van der Waals surface area contributed by atoms with Crippen LogP contribution in [0.25, 0.3) is 28.0 Å². The van der Waals surface area contributed by atoms with E-state index < -0.39 is 11.5 Å². The quantitative estimate of drug-likeness (QED) is 0.306. The largest absolute Gasteiger partial charge is 0.355 e. The summed E-state index contributed by atoms with van der Waals surface area (Å²) in [5.41, 5.74) is 1.79. The number of aromatic nitrogens is 5. The SMILES string of the molecule is C=CC(=O)N1C[C@H](C)N(c2nc(=O)n(-c3c(C)ncnc3C(C)C)c3nc(-c4ccccc4F)c(Cl)cc23)C[C@H]1C. The fourth-order valence-corrected chi connectivity index (χ4v) is 5.65. The molecule has 4 heterocycles. The van der Waals surface area contributed by atoms with Gasteiger partial charge in [-0.05, 0) is 51.0 Å². The molecule has 0 radical (unpaired) electrons. The van der Waals surface area contributed by atoms with Crippen molar-refractivity contribution in [2.45, 2.75) is 52.6 Å². The number of nitrogens with zero attached hydrogens (tertiary/aromatic N) is 7. The molecular weight excluding hydrogens is 545 g/mol. The second-order valence-corrected chi connectivity index (χ2v) is 11.0. The maximum absolute atomic E-state index is 14.9. The van der Waals surface area contributed by atoms with Gasteiger partial charge in [0, 0.05) is 30.7 Å². The van der Waals surface area contributed by atoms with Crippen LogP contribution in [-0.2, 0) is 4.79 Å². The third kappa shape index (κ3) is 4.97. The van der Waals surface area contributed by atoms with E-state index in [1.807, 2.05) is 32.6 Å². The smallest absolute Gasteiger partial charge is 0.349 e. The van der Waals surface area contributed by atoms with Crippen LogP contribution in [-0.4, -0.2) is 60.5 Å². The molecule has 212 valence electrons. The molecule has 2 atom stereocenters. The van der Waals surface area contributed by atoms with Crippen molar-refractivity contribution < 1.29 is 9.18 Å². The summed E-state index contributed by atoms with van der Waals surface area (Å²) in [7, 11) is 0. The highest BCUT2D eigenvalue weighted by atomic mass is 35.5.